The molecule has 0 saturated heterocycles. The Morgan fingerprint density at radius 1 is 1.03 bits per heavy atom. The fourth-order valence-corrected chi connectivity index (χ4v) is 4.98. The monoisotopic (exact) mass is 469 g/mol. The van der Waals surface area contributed by atoms with Crippen LogP contribution in [0.4, 0.5) is 11.5 Å². The van der Waals surface area contributed by atoms with E-state index >= 15 is 0 Å². The molecule has 5 rings (SSSR count). The number of nitrogen functional groups attached to an aromatic ring is 1. The molecule has 10 heteroatoms. The van der Waals surface area contributed by atoms with Gasteiger partial charge in [-0.05, 0) is 42.6 Å². The number of anilines is 2. The maximum atomic E-state index is 12.3. The summed E-state index contributed by atoms with van der Waals surface area (Å²) in [6, 6.07) is 11.3. The molecule has 7 nitrogen and oxygen atoms in total. The van der Waals surface area contributed by atoms with Gasteiger partial charge in [0.05, 0.1) is 5.39 Å². The number of aromatic nitrogens is 2. The number of hydrogen-bond donors (Lipinski definition) is 3. The lowest BCUT2D eigenvalue weighted by molar-refractivity contribution is -0.124. The molecule has 4 N–H and O–H groups in total. The van der Waals surface area contributed by atoms with Gasteiger partial charge >= 0.3 is 0 Å². The number of thiophene rings is 2. The second-order valence-corrected chi connectivity index (χ2v) is 8.54. The molecule has 1 aliphatic heterocycles. The second kappa shape index (κ2) is 8.10. The highest BCUT2D eigenvalue weighted by molar-refractivity contribution is 7.18. The summed E-state index contributed by atoms with van der Waals surface area (Å²) in [5.41, 5.74) is 8.77. The van der Waals surface area contributed by atoms with E-state index in [1.54, 1.807) is 30.4 Å². The molecule has 0 saturated carbocycles. The predicted molar refractivity (Wildman–Crippen MR) is 127 cm³/mol. The van der Waals surface area contributed by atoms with Crippen molar-refractivity contribution in [3.05, 3.63) is 58.4 Å². The first-order chi connectivity index (χ1) is 14.5. The van der Waals surface area contributed by atoms with Gasteiger partial charge in [-0.15, -0.1) is 35.1 Å². The van der Waals surface area contributed by atoms with Gasteiger partial charge in [0.15, 0.2) is 5.82 Å². The van der Waals surface area contributed by atoms with Crippen molar-refractivity contribution in [1.29, 1.82) is 0 Å². The number of fused-ring (bicyclic) bond motifs is 1. The average Bonchev–Trinajstić information content (AvgIpc) is 3.45. The Balaban J connectivity index is 0.00000231. The zero-order chi connectivity index (χ0) is 20.8. The van der Waals surface area contributed by atoms with Crippen LogP contribution < -0.4 is 16.4 Å². The van der Waals surface area contributed by atoms with Gasteiger partial charge in [0.25, 0.3) is 11.8 Å². The summed E-state index contributed by atoms with van der Waals surface area (Å²) in [6.45, 7) is 1.61. The number of imide groups is 1. The summed E-state index contributed by atoms with van der Waals surface area (Å²) in [5.74, 6) is 0.116. The molecular weight excluding hydrogens is 454 g/mol. The van der Waals surface area contributed by atoms with E-state index in [0.717, 1.165) is 26.2 Å². The molecule has 0 unspecified atom stereocenters. The van der Waals surface area contributed by atoms with Crippen LogP contribution >= 0.6 is 35.1 Å². The number of rotatable bonds is 4. The minimum Gasteiger partial charge on any atom is -0.399 e. The SMILES string of the molecule is CC1=C(Nc2nc(-c3ccc(N)cc3)nc3scc(-c4cccs4)c23)C(=O)NC1=O.Cl. The molecule has 2 amide bonds. The molecular formula is C21H16ClN5O2S2. The number of hydrogen-bond acceptors (Lipinski definition) is 8. The van der Waals surface area contributed by atoms with Crippen molar-refractivity contribution in [2.45, 2.75) is 6.92 Å². The second-order valence-electron chi connectivity index (χ2n) is 6.73. The number of amides is 2. The fraction of sp³-hybridized carbons (Fsp3) is 0.0476. The zero-order valence-corrected chi connectivity index (χ0v) is 18.6. The molecule has 1 aliphatic rings. The van der Waals surface area contributed by atoms with Crippen LogP contribution in [0.5, 0.6) is 0 Å². The van der Waals surface area contributed by atoms with Crippen LogP contribution in [0, 0.1) is 0 Å². The molecule has 4 aromatic rings. The number of nitrogens with two attached hydrogens (primary N) is 1. The maximum absolute atomic E-state index is 12.3. The molecule has 0 radical (unpaired) electrons. The maximum Gasteiger partial charge on any atom is 0.275 e. The summed E-state index contributed by atoms with van der Waals surface area (Å²) in [4.78, 5) is 35.5. The van der Waals surface area contributed by atoms with E-state index in [1.165, 1.54) is 11.3 Å². The van der Waals surface area contributed by atoms with E-state index in [4.69, 9.17) is 15.7 Å². The third-order valence-corrected chi connectivity index (χ3v) is 6.58. The van der Waals surface area contributed by atoms with Crippen molar-refractivity contribution < 1.29 is 9.59 Å². The summed E-state index contributed by atoms with van der Waals surface area (Å²) in [6.07, 6.45) is 0. The molecule has 1 aromatic carbocycles. The van der Waals surface area contributed by atoms with Crippen molar-refractivity contribution in [2.24, 2.45) is 0 Å². The van der Waals surface area contributed by atoms with Crippen LogP contribution in [-0.2, 0) is 9.59 Å². The van der Waals surface area contributed by atoms with Gasteiger partial charge < -0.3 is 11.1 Å². The Morgan fingerprint density at radius 3 is 2.45 bits per heavy atom. The molecule has 3 aromatic heterocycles. The van der Waals surface area contributed by atoms with E-state index in [9.17, 15) is 9.59 Å². The number of halogens is 1. The Morgan fingerprint density at radius 2 is 1.81 bits per heavy atom. The van der Waals surface area contributed by atoms with Crippen LogP contribution in [0.25, 0.3) is 32.0 Å². The zero-order valence-electron chi connectivity index (χ0n) is 16.1. The van der Waals surface area contributed by atoms with Gasteiger partial charge in [0.1, 0.15) is 16.3 Å². The lowest BCUT2D eigenvalue weighted by Gasteiger charge is -2.11. The summed E-state index contributed by atoms with van der Waals surface area (Å²) in [7, 11) is 0. The quantitative estimate of drug-likeness (QED) is 0.301. The van der Waals surface area contributed by atoms with Gasteiger partial charge in [0, 0.05) is 32.6 Å². The summed E-state index contributed by atoms with van der Waals surface area (Å²) >= 11 is 3.12. The molecule has 0 atom stereocenters. The van der Waals surface area contributed by atoms with Crippen LogP contribution in [0.1, 0.15) is 6.92 Å². The molecule has 4 heterocycles. The Kier molecular flexibility index (Phi) is 5.48. The highest BCUT2D eigenvalue weighted by Gasteiger charge is 2.28. The highest BCUT2D eigenvalue weighted by Crippen LogP contribution is 2.40. The number of carbonyl (C=O) groups excluding carboxylic acids is 2. The Labute approximate surface area is 191 Å². The molecule has 0 bridgehead atoms. The first-order valence-electron chi connectivity index (χ1n) is 9.04. The average molecular weight is 470 g/mol. The van der Waals surface area contributed by atoms with E-state index in [0.29, 0.717) is 22.9 Å². The number of carbonyl (C=O) groups is 2. The Hall–Kier alpha value is -3.27. The first-order valence-corrected chi connectivity index (χ1v) is 10.8. The fourth-order valence-electron chi connectivity index (χ4n) is 3.22. The Bertz CT molecular complexity index is 1340. The molecule has 0 aliphatic carbocycles. The van der Waals surface area contributed by atoms with Crippen molar-refractivity contribution in [3.63, 3.8) is 0 Å². The standard InChI is InChI=1S/C21H15N5O2S2.ClH/c1-10-16(20(28)26-19(10)27)23-18-15-13(14-3-2-8-29-14)9-30-21(15)25-17(24-18)11-4-6-12(22)7-5-11;/h2-9H,22H2,1H3,(H2,23,24,25,26,27,28);1H. The van der Waals surface area contributed by atoms with Crippen LogP contribution in [0.3, 0.4) is 0 Å². The van der Waals surface area contributed by atoms with Gasteiger partial charge in [0.2, 0.25) is 0 Å². The predicted octanol–water partition coefficient (Wildman–Crippen LogP) is 4.43. The number of nitrogens with one attached hydrogen (secondary N) is 2. The normalized spacial score (nSPS) is 13.5. The van der Waals surface area contributed by atoms with Gasteiger partial charge in [-0.1, -0.05) is 6.07 Å². The number of nitrogens with zero attached hydrogens (tertiary/aromatic N) is 2. The smallest absolute Gasteiger partial charge is 0.275 e. The van der Waals surface area contributed by atoms with Crippen molar-refractivity contribution in [3.8, 4) is 21.8 Å². The summed E-state index contributed by atoms with van der Waals surface area (Å²) < 4.78 is 0. The minimum atomic E-state index is -0.466. The van der Waals surface area contributed by atoms with Gasteiger partial charge in [-0.25, -0.2) is 9.97 Å². The molecule has 0 fully saturated rings. The van der Waals surface area contributed by atoms with Gasteiger partial charge in [-0.3, -0.25) is 14.9 Å². The van der Waals surface area contributed by atoms with Crippen LogP contribution in [-0.4, -0.2) is 21.8 Å². The molecule has 156 valence electrons. The van der Waals surface area contributed by atoms with E-state index in [-0.39, 0.29) is 18.1 Å². The topological polar surface area (TPSA) is 110 Å². The lowest BCUT2D eigenvalue weighted by Crippen LogP contribution is -2.24. The van der Waals surface area contributed by atoms with E-state index < -0.39 is 11.8 Å². The van der Waals surface area contributed by atoms with Crippen molar-refractivity contribution in [2.75, 3.05) is 11.1 Å². The van der Waals surface area contributed by atoms with Gasteiger partial charge in [-0.2, -0.15) is 0 Å². The minimum absolute atomic E-state index is 0. The van der Waals surface area contributed by atoms with E-state index in [2.05, 4.69) is 10.6 Å². The largest absolute Gasteiger partial charge is 0.399 e. The molecule has 0 spiro atoms. The van der Waals surface area contributed by atoms with Crippen molar-refractivity contribution in [1.82, 2.24) is 15.3 Å². The summed E-state index contributed by atoms with van der Waals surface area (Å²) in [5, 5.41) is 10.3. The van der Waals surface area contributed by atoms with Crippen LogP contribution in [0.15, 0.2) is 58.4 Å². The van der Waals surface area contributed by atoms with Crippen molar-refractivity contribution >= 4 is 68.6 Å². The highest BCUT2D eigenvalue weighted by atomic mass is 35.5. The third-order valence-electron chi connectivity index (χ3n) is 4.80. The first kappa shape index (κ1) is 21.0. The number of benzene rings is 1. The molecule has 31 heavy (non-hydrogen) atoms. The van der Waals surface area contributed by atoms with E-state index in [1.807, 2.05) is 35.0 Å². The lowest BCUT2D eigenvalue weighted by atomic mass is 10.1. The third kappa shape index (κ3) is 3.67. The van der Waals surface area contributed by atoms with Crippen LogP contribution in [0.2, 0.25) is 0 Å².